The van der Waals surface area contributed by atoms with Gasteiger partial charge in [0.2, 0.25) is 0 Å². The predicted octanol–water partition coefficient (Wildman–Crippen LogP) is 2.93. The molecule has 0 saturated heterocycles. The van der Waals surface area contributed by atoms with Crippen LogP contribution >= 0.6 is 0 Å². The number of H-pyrrole nitrogens is 2. The minimum Gasteiger partial charge on any atom is -0.462 e. The zero-order chi connectivity index (χ0) is 26.4. The highest BCUT2D eigenvalue weighted by molar-refractivity contribution is 6.03. The second-order valence-electron chi connectivity index (χ2n) is 8.61. The number of esters is 1. The lowest BCUT2D eigenvalue weighted by molar-refractivity contribution is 0.0525. The van der Waals surface area contributed by atoms with E-state index >= 15 is 0 Å². The predicted molar refractivity (Wildman–Crippen MR) is 139 cm³/mol. The van der Waals surface area contributed by atoms with E-state index in [1.165, 1.54) is 4.57 Å². The summed E-state index contributed by atoms with van der Waals surface area (Å²) in [6.07, 6.45) is 1.53. The molecule has 0 aliphatic heterocycles. The van der Waals surface area contributed by atoms with Crippen LogP contribution in [0.4, 0.5) is 11.5 Å². The Morgan fingerprint density at radius 1 is 1.08 bits per heavy atom. The van der Waals surface area contributed by atoms with Crippen molar-refractivity contribution in [1.82, 2.24) is 14.5 Å². The van der Waals surface area contributed by atoms with Crippen LogP contribution < -0.4 is 21.9 Å². The Bertz CT molecular complexity index is 1350. The fourth-order valence-corrected chi connectivity index (χ4v) is 4.23. The van der Waals surface area contributed by atoms with Crippen LogP contribution in [0.25, 0.3) is 0 Å². The molecule has 0 bridgehead atoms. The van der Waals surface area contributed by atoms with Crippen LogP contribution in [0.1, 0.15) is 64.4 Å². The van der Waals surface area contributed by atoms with Gasteiger partial charge in [0.25, 0.3) is 5.56 Å². The maximum absolute atomic E-state index is 13.5. The first kappa shape index (κ1) is 26.5. The van der Waals surface area contributed by atoms with Crippen molar-refractivity contribution in [2.24, 2.45) is 0 Å². The molecule has 0 radical (unpaired) electrons. The number of ether oxygens (including phenoxy) is 1. The summed E-state index contributed by atoms with van der Waals surface area (Å²) in [6.45, 7) is 7.63. The molecule has 0 fully saturated rings. The molecule has 0 aliphatic carbocycles. The third kappa shape index (κ3) is 5.59. The third-order valence-corrected chi connectivity index (χ3v) is 6.01. The average molecular weight is 496 g/mol. The van der Waals surface area contributed by atoms with Crippen LogP contribution in [0.5, 0.6) is 0 Å². The van der Waals surface area contributed by atoms with E-state index in [1.54, 1.807) is 25.7 Å². The van der Waals surface area contributed by atoms with Crippen molar-refractivity contribution in [1.29, 1.82) is 0 Å². The summed E-state index contributed by atoms with van der Waals surface area (Å²) in [5, 5.41) is 0. The molecule has 192 valence electrons. The first-order valence-corrected chi connectivity index (χ1v) is 12.0. The lowest BCUT2D eigenvalue weighted by Gasteiger charge is -2.26. The van der Waals surface area contributed by atoms with Crippen molar-refractivity contribution >= 4 is 23.3 Å². The van der Waals surface area contributed by atoms with E-state index in [4.69, 9.17) is 10.5 Å². The van der Waals surface area contributed by atoms with Crippen LogP contribution in [0.3, 0.4) is 0 Å². The van der Waals surface area contributed by atoms with E-state index in [2.05, 4.69) is 9.97 Å². The number of benzene rings is 1. The minimum atomic E-state index is -0.666. The number of aromatic nitrogens is 3. The van der Waals surface area contributed by atoms with Gasteiger partial charge < -0.3 is 20.4 Å². The van der Waals surface area contributed by atoms with Crippen molar-refractivity contribution in [3.63, 3.8) is 0 Å². The number of carbonyl (C=O) groups is 2. The summed E-state index contributed by atoms with van der Waals surface area (Å²) in [5.74, 6) is -0.840. The highest BCUT2D eigenvalue weighted by Crippen LogP contribution is 2.23. The molecule has 4 N–H and O–H groups in total. The molecule has 0 saturated carbocycles. The Hall–Kier alpha value is -4.08. The number of hydrogen-bond donors (Lipinski definition) is 3. The van der Waals surface area contributed by atoms with Gasteiger partial charge in [-0.25, -0.2) is 9.59 Å². The summed E-state index contributed by atoms with van der Waals surface area (Å²) in [6, 6.07) is 9.33. The maximum atomic E-state index is 13.5. The molecule has 0 aliphatic rings. The lowest BCUT2D eigenvalue weighted by atomic mass is 10.1. The molecule has 3 rings (SSSR count). The Morgan fingerprint density at radius 2 is 1.78 bits per heavy atom. The Morgan fingerprint density at radius 3 is 2.42 bits per heavy atom. The van der Waals surface area contributed by atoms with Gasteiger partial charge in [-0.15, -0.1) is 0 Å². The molecule has 2 heterocycles. The standard InChI is InChI=1S/C26H33N5O5/c1-5-7-13-31-23(27)22(24(33)29-26(31)35)30(14-18-11-9-8-10-12-18)15-19(32)21-16(3)20(17(4)28-21)25(34)36-6-2/h8-12,28H,5-7,13-15,27H2,1-4H3,(H,29,33,35). The Kier molecular flexibility index (Phi) is 8.52. The molecule has 3 aromatic rings. The number of nitrogens with two attached hydrogens (primary N) is 1. The molecule has 36 heavy (non-hydrogen) atoms. The fourth-order valence-electron chi connectivity index (χ4n) is 4.23. The lowest BCUT2D eigenvalue weighted by Crippen LogP contribution is -2.40. The van der Waals surface area contributed by atoms with E-state index in [-0.39, 0.29) is 42.7 Å². The van der Waals surface area contributed by atoms with Crippen molar-refractivity contribution in [3.8, 4) is 0 Å². The minimum absolute atomic E-state index is 0.00697. The van der Waals surface area contributed by atoms with E-state index in [9.17, 15) is 19.2 Å². The Labute approximate surface area is 209 Å². The number of aromatic amines is 2. The monoisotopic (exact) mass is 495 g/mol. The van der Waals surface area contributed by atoms with Crippen LogP contribution in [0.2, 0.25) is 0 Å². The van der Waals surface area contributed by atoms with Gasteiger partial charge in [-0.1, -0.05) is 43.7 Å². The topological polar surface area (TPSA) is 143 Å². The number of aryl methyl sites for hydroxylation is 1. The first-order chi connectivity index (χ1) is 17.2. The normalized spacial score (nSPS) is 10.9. The van der Waals surface area contributed by atoms with Crippen molar-refractivity contribution in [2.45, 2.75) is 53.6 Å². The number of nitrogens with zero attached hydrogens (tertiary/aromatic N) is 2. The maximum Gasteiger partial charge on any atom is 0.340 e. The van der Waals surface area contributed by atoms with Gasteiger partial charge in [0.1, 0.15) is 11.5 Å². The second kappa shape index (κ2) is 11.6. The number of hydrogen-bond acceptors (Lipinski definition) is 7. The Balaban J connectivity index is 2.06. The van der Waals surface area contributed by atoms with Gasteiger partial charge in [0, 0.05) is 18.8 Å². The van der Waals surface area contributed by atoms with Crippen molar-refractivity contribution in [2.75, 3.05) is 23.8 Å². The van der Waals surface area contributed by atoms with Gasteiger partial charge in [-0.2, -0.15) is 0 Å². The smallest absolute Gasteiger partial charge is 0.340 e. The SMILES string of the molecule is CCCCn1c(N)c(N(CC(=O)c2[nH]c(C)c(C(=O)OCC)c2C)Cc2ccccc2)c(=O)[nH]c1=O. The summed E-state index contributed by atoms with van der Waals surface area (Å²) >= 11 is 0. The van der Waals surface area contributed by atoms with Gasteiger partial charge in [-0.05, 0) is 38.3 Å². The summed E-state index contributed by atoms with van der Waals surface area (Å²) in [4.78, 5) is 58.2. The van der Waals surface area contributed by atoms with Gasteiger partial charge in [0.15, 0.2) is 5.78 Å². The summed E-state index contributed by atoms with van der Waals surface area (Å²) in [7, 11) is 0. The number of nitrogens with one attached hydrogen (secondary N) is 2. The molecule has 10 heteroatoms. The molecule has 0 spiro atoms. The summed E-state index contributed by atoms with van der Waals surface area (Å²) < 4.78 is 6.45. The van der Waals surface area contributed by atoms with Crippen LogP contribution in [-0.2, 0) is 17.8 Å². The van der Waals surface area contributed by atoms with Gasteiger partial charge in [-0.3, -0.25) is 19.1 Å². The zero-order valence-corrected chi connectivity index (χ0v) is 21.1. The molecular weight excluding hydrogens is 462 g/mol. The molecule has 1 aromatic carbocycles. The highest BCUT2D eigenvalue weighted by Gasteiger charge is 2.26. The van der Waals surface area contributed by atoms with Gasteiger partial charge in [0.05, 0.1) is 24.4 Å². The number of rotatable bonds is 11. The fraction of sp³-hybridized carbons (Fsp3) is 0.385. The first-order valence-electron chi connectivity index (χ1n) is 12.0. The number of unbranched alkanes of at least 4 members (excludes halogenated alkanes) is 1. The van der Waals surface area contributed by atoms with Crippen LogP contribution in [0.15, 0.2) is 39.9 Å². The third-order valence-electron chi connectivity index (χ3n) is 6.01. The van der Waals surface area contributed by atoms with E-state index in [1.807, 2.05) is 37.3 Å². The zero-order valence-electron chi connectivity index (χ0n) is 21.1. The molecule has 0 atom stereocenters. The quantitative estimate of drug-likeness (QED) is 0.274. The van der Waals surface area contributed by atoms with E-state index in [0.29, 0.717) is 29.8 Å². The number of nitrogen functional groups attached to an aromatic ring is 1. The number of anilines is 2. The number of ketones is 1. The van der Waals surface area contributed by atoms with Gasteiger partial charge >= 0.3 is 11.7 Å². The average Bonchev–Trinajstić information content (AvgIpc) is 3.13. The van der Waals surface area contributed by atoms with Crippen molar-refractivity contribution < 1.29 is 14.3 Å². The number of Topliss-reactive ketones (excluding diaryl/α,β-unsaturated/α-hetero) is 1. The number of carbonyl (C=O) groups excluding carboxylic acids is 2. The molecule has 0 unspecified atom stereocenters. The molecule has 0 amide bonds. The van der Waals surface area contributed by atoms with Crippen molar-refractivity contribution in [3.05, 3.63) is 79.2 Å². The second-order valence-corrected chi connectivity index (χ2v) is 8.61. The van der Waals surface area contributed by atoms with Crippen LogP contribution in [-0.4, -0.2) is 39.4 Å². The highest BCUT2D eigenvalue weighted by atomic mass is 16.5. The largest absolute Gasteiger partial charge is 0.462 e. The molecule has 2 aromatic heterocycles. The van der Waals surface area contributed by atoms with E-state index < -0.39 is 17.2 Å². The molecule has 10 nitrogen and oxygen atoms in total. The van der Waals surface area contributed by atoms with Crippen LogP contribution in [0, 0.1) is 13.8 Å². The molecular formula is C26H33N5O5. The summed E-state index contributed by atoms with van der Waals surface area (Å²) in [5.41, 5.74) is 7.57. The van der Waals surface area contributed by atoms with E-state index in [0.717, 1.165) is 12.0 Å².